The van der Waals surface area contributed by atoms with Gasteiger partial charge in [0.15, 0.2) is 0 Å². The number of amidine groups is 1. The molecule has 0 aromatic heterocycles. The molecule has 2 aromatic carbocycles. The highest BCUT2D eigenvalue weighted by molar-refractivity contribution is 7.90. The Kier molecular flexibility index (Phi) is 6.53. The second-order valence-corrected chi connectivity index (χ2v) is 8.47. The molecule has 1 heterocycles. The Balaban J connectivity index is 1.78. The molecule has 3 N–H and O–H groups in total. The van der Waals surface area contributed by atoms with Crippen molar-refractivity contribution in [2.75, 3.05) is 24.5 Å². The fourth-order valence-electron chi connectivity index (χ4n) is 3.20. The quantitative estimate of drug-likeness (QED) is 0.598. The van der Waals surface area contributed by atoms with Crippen LogP contribution in [0.1, 0.15) is 32.3 Å². The topological polar surface area (TPSA) is 96.0 Å². The molecule has 1 aliphatic heterocycles. The van der Waals surface area contributed by atoms with E-state index in [1.165, 1.54) is 18.3 Å². The highest BCUT2D eigenvalue weighted by atomic mass is 32.2. The predicted molar refractivity (Wildman–Crippen MR) is 116 cm³/mol. The molecule has 0 atom stereocenters. The third-order valence-corrected chi connectivity index (χ3v) is 6.21. The summed E-state index contributed by atoms with van der Waals surface area (Å²) in [5, 5.41) is 10.3. The van der Waals surface area contributed by atoms with Crippen LogP contribution in [0.5, 0.6) is 5.75 Å². The lowest BCUT2D eigenvalue weighted by Gasteiger charge is -2.21. The smallest absolute Gasteiger partial charge is 0.328 e. The van der Waals surface area contributed by atoms with E-state index in [1.54, 1.807) is 24.3 Å². The maximum atomic E-state index is 12.6. The van der Waals surface area contributed by atoms with Gasteiger partial charge in [0, 0.05) is 36.6 Å². The van der Waals surface area contributed by atoms with Gasteiger partial charge in [0.1, 0.15) is 10.6 Å². The number of rotatable bonds is 7. The molecule has 0 saturated carbocycles. The Bertz CT molecular complexity index is 1030. The minimum atomic E-state index is -3.66. The van der Waals surface area contributed by atoms with Crippen molar-refractivity contribution < 1.29 is 18.5 Å². The first-order chi connectivity index (χ1) is 13.9. The van der Waals surface area contributed by atoms with Crippen molar-refractivity contribution >= 4 is 33.4 Å². The molecule has 0 unspecified atom stereocenters. The number of nitrogens with one attached hydrogen (secondary N) is 2. The molecular weight excluding hydrogens is 388 g/mol. The normalized spacial score (nSPS) is 14.2. The lowest BCUT2D eigenvalue weighted by molar-refractivity contribution is -0.448. The Hall–Kier alpha value is -2.87. The SMILES string of the molecule is CCN(CC)c1ccc(C=Nc2cccc(S(=O)(=O)NC3=[NH+]CCC3)c2)c(O)c1. The number of phenolic OH excluding ortho intramolecular Hbond substituents is 1. The first-order valence-corrected chi connectivity index (χ1v) is 11.3. The molecule has 8 heteroatoms. The van der Waals surface area contributed by atoms with Gasteiger partial charge in [0.25, 0.3) is 5.84 Å². The standard InChI is InChI=1S/C21H26N4O3S/c1-3-25(4-2)18-11-10-16(20(26)14-18)15-23-17-7-5-8-19(13-17)29(27,28)24-21-9-6-12-22-21/h5,7-8,10-11,13-15,26H,3-4,6,9,12H2,1-2H3,(H,22,24)/p+1. The van der Waals surface area contributed by atoms with Gasteiger partial charge >= 0.3 is 10.0 Å². The minimum Gasteiger partial charge on any atom is -0.507 e. The molecule has 0 radical (unpaired) electrons. The zero-order chi connectivity index (χ0) is 20.9. The Morgan fingerprint density at radius 1 is 1.21 bits per heavy atom. The number of nitrogens with zero attached hydrogens (tertiary/aromatic N) is 2. The molecule has 29 heavy (non-hydrogen) atoms. The molecule has 0 fully saturated rings. The monoisotopic (exact) mass is 415 g/mol. The summed E-state index contributed by atoms with van der Waals surface area (Å²) in [6.07, 6.45) is 3.15. The number of aromatic hydroxyl groups is 1. The van der Waals surface area contributed by atoms with Gasteiger partial charge in [0.05, 0.1) is 18.7 Å². The van der Waals surface area contributed by atoms with Crippen molar-refractivity contribution in [3.8, 4) is 5.75 Å². The van der Waals surface area contributed by atoms with Gasteiger partial charge in [-0.2, -0.15) is 13.1 Å². The summed E-state index contributed by atoms with van der Waals surface area (Å²) in [5.41, 5.74) is 2.00. The van der Waals surface area contributed by atoms with Gasteiger partial charge in [-0.1, -0.05) is 6.07 Å². The average Bonchev–Trinajstić information content (AvgIpc) is 3.21. The zero-order valence-corrected chi connectivity index (χ0v) is 17.5. The van der Waals surface area contributed by atoms with Crippen molar-refractivity contribution in [1.29, 1.82) is 0 Å². The Morgan fingerprint density at radius 3 is 2.66 bits per heavy atom. The molecule has 3 rings (SSSR count). The largest absolute Gasteiger partial charge is 0.507 e. The van der Waals surface area contributed by atoms with Gasteiger partial charge in [-0.25, -0.2) is 0 Å². The average molecular weight is 416 g/mol. The molecule has 0 saturated heterocycles. The zero-order valence-electron chi connectivity index (χ0n) is 16.7. The van der Waals surface area contributed by atoms with Gasteiger partial charge in [0.2, 0.25) is 0 Å². The van der Waals surface area contributed by atoms with Crippen molar-refractivity contribution in [3.05, 3.63) is 48.0 Å². The van der Waals surface area contributed by atoms with Gasteiger partial charge < -0.3 is 10.0 Å². The lowest BCUT2D eigenvalue weighted by Crippen LogP contribution is -2.72. The van der Waals surface area contributed by atoms with E-state index in [9.17, 15) is 13.5 Å². The third kappa shape index (κ3) is 5.14. The van der Waals surface area contributed by atoms with E-state index >= 15 is 0 Å². The third-order valence-electron chi connectivity index (χ3n) is 4.82. The highest BCUT2D eigenvalue weighted by Crippen LogP contribution is 2.25. The summed E-state index contributed by atoms with van der Waals surface area (Å²) in [6.45, 7) is 6.61. The van der Waals surface area contributed by atoms with Crippen LogP contribution in [0.25, 0.3) is 0 Å². The van der Waals surface area contributed by atoms with E-state index in [4.69, 9.17) is 0 Å². The second kappa shape index (κ2) is 9.09. The van der Waals surface area contributed by atoms with Crippen LogP contribution in [0.3, 0.4) is 0 Å². The van der Waals surface area contributed by atoms with Crippen LogP contribution in [-0.4, -0.2) is 45.2 Å². The van der Waals surface area contributed by atoms with Crippen LogP contribution in [0, 0.1) is 0 Å². The highest BCUT2D eigenvalue weighted by Gasteiger charge is 2.24. The van der Waals surface area contributed by atoms with Crippen LogP contribution in [0.4, 0.5) is 11.4 Å². The number of anilines is 1. The first kappa shape index (κ1) is 20.9. The fourth-order valence-corrected chi connectivity index (χ4v) is 4.35. The molecular formula is C21H27N4O3S+. The van der Waals surface area contributed by atoms with E-state index in [0.717, 1.165) is 31.7 Å². The Labute approximate surface area is 171 Å². The van der Waals surface area contributed by atoms with Crippen molar-refractivity contribution in [3.63, 3.8) is 0 Å². The number of hydrogen-bond acceptors (Lipinski definition) is 5. The lowest BCUT2D eigenvalue weighted by atomic mass is 10.2. The molecule has 0 spiro atoms. The second-order valence-electron chi connectivity index (χ2n) is 6.79. The number of benzene rings is 2. The summed E-state index contributed by atoms with van der Waals surface area (Å²) < 4.78 is 27.7. The van der Waals surface area contributed by atoms with E-state index in [-0.39, 0.29) is 10.6 Å². The molecule has 0 amide bonds. The van der Waals surface area contributed by atoms with Gasteiger partial charge in [-0.05, 0) is 50.6 Å². The number of phenols is 1. The minimum absolute atomic E-state index is 0.132. The van der Waals surface area contributed by atoms with Gasteiger partial charge in [-0.15, -0.1) is 0 Å². The maximum Gasteiger partial charge on any atom is 0.328 e. The van der Waals surface area contributed by atoms with Crippen LogP contribution in [0.2, 0.25) is 0 Å². The summed E-state index contributed by atoms with van der Waals surface area (Å²) in [4.78, 5) is 9.67. The molecule has 154 valence electrons. The van der Waals surface area contributed by atoms with Crippen molar-refractivity contribution in [2.24, 2.45) is 4.99 Å². The molecule has 0 bridgehead atoms. The van der Waals surface area contributed by atoms with Crippen molar-refractivity contribution in [2.45, 2.75) is 31.6 Å². The molecule has 2 aromatic rings. The number of aliphatic imine (C=N–C) groups is 1. The summed E-state index contributed by atoms with van der Waals surface area (Å²) in [6, 6.07) is 11.9. The van der Waals surface area contributed by atoms with Gasteiger partial charge in [-0.3, -0.25) is 9.98 Å². The van der Waals surface area contributed by atoms with E-state index < -0.39 is 10.0 Å². The number of hydrogen-bond donors (Lipinski definition) is 3. The van der Waals surface area contributed by atoms with E-state index in [1.807, 2.05) is 6.07 Å². The van der Waals surface area contributed by atoms with Crippen LogP contribution in [-0.2, 0) is 10.0 Å². The van der Waals surface area contributed by atoms with Crippen LogP contribution in [0.15, 0.2) is 52.4 Å². The molecule has 7 nitrogen and oxygen atoms in total. The summed E-state index contributed by atoms with van der Waals surface area (Å²) in [5.74, 6) is 0.754. The fraction of sp³-hybridized carbons (Fsp3) is 0.333. The first-order valence-electron chi connectivity index (χ1n) is 9.77. The summed E-state index contributed by atoms with van der Waals surface area (Å²) >= 11 is 0. The molecule has 0 aliphatic carbocycles. The van der Waals surface area contributed by atoms with E-state index in [2.05, 4.69) is 33.5 Å². The van der Waals surface area contributed by atoms with E-state index in [0.29, 0.717) is 23.5 Å². The Morgan fingerprint density at radius 2 is 2.00 bits per heavy atom. The number of sulfonamides is 1. The predicted octanol–water partition coefficient (Wildman–Crippen LogP) is 1.54. The maximum absolute atomic E-state index is 12.6. The van der Waals surface area contributed by atoms with Crippen LogP contribution >= 0.6 is 0 Å². The molecule has 1 aliphatic rings. The summed E-state index contributed by atoms with van der Waals surface area (Å²) in [7, 11) is -3.66. The van der Waals surface area contributed by atoms with Crippen molar-refractivity contribution in [1.82, 2.24) is 4.72 Å². The van der Waals surface area contributed by atoms with Crippen LogP contribution < -0.4 is 14.6 Å².